The fraction of sp³-hybridized carbons (Fsp3) is 0.0909. The summed E-state index contributed by atoms with van der Waals surface area (Å²) in [6.07, 6.45) is 0. The number of hydrogen-bond acceptors (Lipinski definition) is 8. The molecule has 0 fully saturated rings. The number of hydrogen-bond donors (Lipinski definition) is 0. The van der Waals surface area contributed by atoms with Gasteiger partial charge >= 0.3 is 15.4 Å². The highest BCUT2D eigenvalue weighted by atomic mass is 31.2. The van der Waals surface area contributed by atoms with Gasteiger partial charge in [-0.25, -0.2) is 4.57 Å². The van der Waals surface area contributed by atoms with E-state index in [1.165, 1.54) is 6.07 Å². The standard InChI is InChI=1S/C33H30O8P2/c1-33(2,36-27-16-7-3-8-17-27)42(34,37-28-18-9-4-10-19-28)38-31-24-15-25-32(26-31)41-43(35,39-29-20-11-5-12-21-29)40-30-22-13-6-14-23-30/h3-26H,1-2H3. The maximum Gasteiger partial charge on any atom is 0.647 e. The summed E-state index contributed by atoms with van der Waals surface area (Å²) < 4.78 is 64.0. The van der Waals surface area contributed by atoms with Crippen molar-refractivity contribution in [3.05, 3.63) is 146 Å². The Balaban J connectivity index is 1.44. The van der Waals surface area contributed by atoms with E-state index in [0.717, 1.165) is 0 Å². The van der Waals surface area contributed by atoms with Gasteiger partial charge in [0.2, 0.25) is 5.34 Å². The molecule has 0 radical (unpaired) electrons. The summed E-state index contributed by atoms with van der Waals surface area (Å²) in [6, 6.07) is 40.9. The smallest absolute Gasteiger partial charge is 0.473 e. The fourth-order valence-electron chi connectivity index (χ4n) is 3.82. The Morgan fingerprint density at radius 3 is 1.21 bits per heavy atom. The molecule has 10 heteroatoms. The average Bonchev–Trinajstić information content (AvgIpc) is 2.99. The molecule has 0 aromatic heterocycles. The average molecular weight is 617 g/mol. The van der Waals surface area contributed by atoms with Gasteiger partial charge < -0.3 is 27.4 Å². The summed E-state index contributed by atoms with van der Waals surface area (Å²) in [5, 5.41) is -1.44. The van der Waals surface area contributed by atoms with Crippen LogP contribution >= 0.6 is 15.4 Å². The van der Waals surface area contributed by atoms with E-state index in [2.05, 4.69) is 0 Å². The maximum absolute atomic E-state index is 14.5. The lowest BCUT2D eigenvalue weighted by Crippen LogP contribution is -2.33. The van der Waals surface area contributed by atoms with Gasteiger partial charge in [0.15, 0.2) is 0 Å². The van der Waals surface area contributed by atoms with Crippen LogP contribution in [-0.4, -0.2) is 5.34 Å². The zero-order chi connectivity index (χ0) is 30.2. The van der Waals surface area contributed by atoms with Gasteiger partial charge in [-0.3, -0.25) is 0 Å². The van der Waals surface area contributed by atoms with E-state index in [1.54, 1.807) is 129 Å². The Labute approximate surface area is 250 Å². The number of benzene rings is 5. The second kappa shape index (κ2) is 13.1. The van der Waals surface area contributed by atoms with E-state index >= 15 is 0 Å². The predicted molar refractivity (Wildman–Crippen MR) is 165 cm³/mol. The minimum absolute atomic E-state index is 0.0840. The minimum atomic E-state index is -4.27. The largest absolute Gasteiger partial charge is 0.647 e. The molecule has 0 aliphatic heterocycles. The van der Waals surface area contributed by atoms with Crippen LogP contribution in [0.2, 0.25) is 0 Å². The number of phosphoric ester groups is 1. The molecule has 0 aliphatic rings. The third-order valence-electron chi connectivity index (χ3n) is 5.91. The van der Waals surface area contributed by atoms with E-state index in [9.17, 15) is 9.13 Å². The van der Waals surface area contributed by atoms with Gasteiger partial charge in [0.25, 0.3) is 0 Å². The molecule has 0 spiro atoms. The topological polar surface area (TPSA) is 89.5 Å². The van der Waals surface area contributed by atoms with Crippen LogP contribution in [0.4, 0.5) is 0 Å². The van der Waals surface area contributed by atoms with Crippen molar-refractivity contribution >= 4 is 15.4 Å². The van der Waals surface area contributed by atoms with Crippen LogP contribution in [0.1, 0.15) is 13.8 Å². The molecule has 0 aliphatic carbocycles. The van der Waals surface area contributed by atoms with Crippen LogP contribution in [0.25, 0.3) is 0 Å². The second-order valence-electron chi connectivity index (χ2n) is 9.68. The van der Waals surface area contributed by atoms with Gasteiger partial charge in [-0.05, 0) is 74.5 Å². The van der Waals surface area contributed by atoms with E-state index in [4.69, 9.17) is 27.4 Å². The lowest BCUT2D eigenvalue weighted by Gasteiger charge is -2.33. The third kappa shape index (κ3) is 8.01. The number of ether oxygens (including phenoxy) is 1. The molecule has 43 heavy (non-hydrogen) atoms. The van der Waals surface area contributed by atoms with Gasteiger partial charge in [0.1, 0.15) is 34.5 Å². The number of rotatable bonds is 13. The molecule has 0 heterocycles. The molecule has 0 bridgehead atoms. The van der Waals surface area contributed by atoms with Crippen molar-refractivity contribution < 1.29 is 36.5 Å². The molecule has 5 aromatic rings. The number of phosphoric acid groups is 1. The summed E-state index contributed by atoms with van der Waals surface area (Å²) in [7, 11) is -8.39. The normalized spacial score (nSPS) is 12.8. The zero-order valence-electron chi connectivity index (χ0n) is 23.5. The van der Waals surface area contributed by atoms with Crippen LogP contribution in [0.3, 0.4) is 0 Å². The van der Waals surface area contributed by atoms with Crippen LogP contribution in [0.5, 0.6) is 34.5 Å². The molecule has 0 saturated heterocycles. The Kier molecular flexibility index (Phi) is 9.10. The minimum Gasteiger partial charge on any atom is -0.473 e. The summed E-state index contributed by atoms with van der Waals surface area (Å²) >= 11 is 0. The highest BCUT2D eigenvalue weighted by Gasteiger charge is 2.49. The van der Waals surface area contributed by atoms with Crippen molar-refractivity contribution in [2.45, 2.75) is 19.2 Å². The van der Waals surface area contributed by atoms with Crippen LogP contribution in [-0.2, 0) is 9.13 Å². The molecule has 5 aromatic carbocycles. The molecule has 5 rings (SSSR count). The van der Waals surface area contributed by atoms with Gasteiger partial charge in [-0.15, -0.1) is 0 Å². The van der Waals surface area contributed by atoms with Gasteiger partial charge in [-0.2, -0.15) is 4.57 Å². The van der Waals surface area contributed by atoms with Crippen molar-refractivity contribution in [1.29, 1.82) is 0 Å². The van der Waals surface area contributed by atoms with Crippen molar-refractivity contribution in [3.63, 3.8) is 0 Å². The maximum atomic E-state index is 14.5. The molecule has 1 unspecified atom stereocenters. The lowest BCUT2D eigenvalue weighted by molar-refractivity contribution is 0.157. The molecule has 220 valence electrons. The Hall–Kier alpha value is -4.64. The predicted octanol–water partition coefficient (Wildman–Crippen LogP) is 9.80. The molecular weight excluding hydrogens is 586 g/mol. The highest BCUT2D eigenvalue weighted by Crippen LogP contribution is 2.60. The Morgan fingerprint density at radius 2 is 0.744 bits per heavy atom. The monoisotopic (exact) mass is 616 g/mol. The first-order chi connectivity index (χ1) is 20.7. The van der Waals surface area contributed by atoms with Crippen molar-refractivity contribution in [3.8, 4) is 34.5 Å². The fourth-order valence-corrected chi connectivity index (χ4v) is 6.55. The molecule has 1 atom stereocenters. The molecular formula is C33H30O8P2. The SMILES string of the molecule is CC(C)(Oc1ccccc1)P(=O)(Oc1ccccc1)Oc1cccc(OP(=O)(Oc2ccccc2)Oc2ccccc2)c1. The Bertz CT molecular complexity index is 1650. The summed E-state index contributed by atoms with van der Waals surface area (Å²) in [6.45, 7) is 3.25. The van der Waals surface area contributed by atoms with Crippen LogP contribution < -0.4 is 27.4 Å². The van der Waals surface area contributed by atoms with Crippen LogP contribution in [0.15, 0.2) is 146 Å². The Morgan fingerprint density at radius 1 is 0.419 bits per heavy atom. The van der Waals surface area contributed by atoms with Gasteiger partial charge in [0.05, 0.1) is 0 Å². The van der Waals surface area contributed by atoms with E-state index in [1.807, 2.05) is 24.3 Å². The quantitative estimate of drug-likeness (QED) is 0.121. The first-order valence-electron chi connectivity index (χ1n) is 13.4. The van der Waals surface area contributed by atoms with Crippen molar-refractivity contribution in [1.82, 2.24) is 0 Å². The highest BCUT2D eigenvalue weighted by molar-refractivity contribution is 7.56. The molecule has 0 amide bonds. The van der Waals surface area contributed by atoms with Gasteiger partial charge in [-0.1, -0.05) is 78.9 Å². The van der Waals surface area contributed by atoms with Crippen molar-refractivity contribution in [2.24, 2.45) is 0 Å². The summed E-state index contributed by atoms with van der Waals surface area (Å²) in [5.41, 5.74) is 0. The zero-order valence-corrected chi connectivity index (χ0v) is 25.3. The van der Waals surface area contributed by atoms with E-state index < -0.39 is 20.8 Å². The van der Waals surface area contributed by atoms with Crippen LogP contribution in [0, 0.1) is 0 Å². The van der Waals surface area contributed by atoms with Gasteiger partial charge in [0, 0.05) is 6.07 Å². The third-order valence-corrected chi connectivity index (χ3v) is 9.52. The lowest BCUT2D eigenvalue weighted by atomic mass is 10.3. The van der Waals surface area contributed by atoms with E-state index in [0.29, 0.717) is 11.5 Å². The molecule has 0 N–H and O–H groups in total. The second-order valence-corrected chi connectivity index (χ2v) is 13.6. The first-order valence-corrected chi connectivity index (χ1v) is 16.4. The number of para-hydroxylation sites is 4. The summed E-state index contributed by atoms with van der Waals surface area (Å²) in [4.78, 5) is 0. The molecule has 8 nitrogen and oxygen atoms in total. The van der Waals surface area contributed by atoms with Crippen molar-refractivity contribution in [2.75, 3.05) is 0 Å². The van der Waals surface area contributed by atoms with E-state index in [-0.39, 0.29) is 23.0 Å². The summed E-state index contributed by atoms with van der Waals surface area (Å²) in [5.74, 6) is 1.60. The molecule has 0 saturated carbocycles. The first kappa shape index (κ1) is 29.8.